The molecule has 1 saturated heterocycles. The molecule has 23 heavy (non-hydrogen) atoms. The van der Waals surface area contributed by atoms with E-state index >= 15 is 0 Å². The van der Waals surface area contributed by atoms with E-state index in [9.17, 15) is 23.1 Å². The van der Waals surface area contributed by atoms with Crippen LogP contribution >= 0.6 is 0 Å². The highest BCUT2D eigenvalue weighted by atomic mass is 19.4. The summed E-state index contributed by atoms with van der Waals surface area (Å²) in [6.45, 7) is 0.220. The van der Waals surface area contributed by atoms with Crippen molar-refractivity contribution in [2.45, 2.75) is 18.3 Å². The molecule has 0 bridgehead atoms. The van der Waals surface area contributed by atoms with Crippen LogP contribution in [0.4, 0.5) is 13.2 Å². The van der Waals surface area contributed by atoms with Crippen molar-refractivity contribution in [3.05, 3.63) is 42.0 Å². The van der Waals surface area contributed by atoms with Gasteiger partial charge in [0, 0.05) is 25.5 Å². The molecule has 3 rings (SSSR count). The predicted molar refractivity (Wildman–Crippen MR) is 70.2 cm³/mol. The number of likely N-dealkylation sites (tertiary alicyclic amines) is 1. The molecule has 1 aliphatic rings. The van der Waals surface area contributed by atoms with Crippen LogP contribution in [0.2, 0.25) is 0 Å². The zero-order chi connectivity index (χ0) is 16.6. The van der Waals surface area contributed by atoms with E-state index in [2.05, 4.69) is 15.3 Å². The Balaban J connectivity index is 1.74. The SMILES string of the molecule is O=C(c1ccc(C(F)(F)F)cn1)N1C[C@@H](O)[C@H](n2ccnn2)C1. The van der Waals surface area contributed by atoms with Gasteiger partial charge in [0.05, 0.1) is 23.9 Å². The van der Waals surface area contributed by atoms with Crippen molar-refractivity contribution in [3.8, 4) is 0 Å². The maximum atomic E-state index is 12.5. The Labute approximate surface area is 128 Å². The summed E-state index contributed by atoms with van der Waals surface area (Å²) >= 11 is 0. The minimum Gasteiger partial charge on any atom is -0.389 e. The number of pyridine rings is 1. The number of halogens is 3. The van der Waals surface area contributed by atoms with Crippen molar-refractivity contribution in [2.75, 3.05) is 13.1 Å². The fraction of sp³-hybridized carbons (Fsp3) is 0.385. The van der Waals surface area contributed by atoms with Gasteiger partial charge in [0.2, 0.25) is 0 Å². The lowest BCUT2D eigenvalue weighted by Crippen LogP contribution is -2.30. The predicted octanol–water partition coefficient (Wildman–Crippen LogP) is 0.750. The number of amides is 1. The standard InChI is InChI=1S/C13H12F3N5O2/c14-13(15,16)8-1-2-9(17-5-8)12(23)20-6-10(11(22)7-20)21-4-3-18-19-21/h1-5,10-11,22H,6-7H2/t10-,11-/m1/s1. The lowest BCUT2D eigenvalue weighted by molar-refractivity contribution is -0.137. The van der Waals surface area contributed by atoms with Gasteiger partial charge in [0.25, 0.3) is 5.91 Å². The zero-order valence-corrected chi connectivity index (χ0v) is 11.7. The summed E-state index contributed by atoms with van der Waals surface area (Å²) in [7, 11) is 0. The van der Waals surface area contributed by atoms with Gasteiger partial charge in [-0.25, -0.2) is 4.68 Å². The molecule has 1 N–H and O–H groups in total. The number of nitrogens with zero attached hydrogens (tertiary/aromatic N) is 5. The molecule has 122 valence electrons. The second-order valence-corrected chi connectivity index (χ2v) is 5.16. The first-order chi connectivity index (χ1) is 10.9. The van der Waals surface area contributed by atoms with Gasteiger partial charge in [0.1, 0.15) is 5.69 Å². The Morgan fingerprint density at radius 2 is 2.09 bits per heavy atom. The van der Waals surface area contributed by atoms with Crippen molar-refractivity contribution in [2.24, 2.45) is 0 Å². The van der Waals surface area contributed by atoms with Crippen LogP contribution in [0.5, 0.6) is 0 Å². The molecule has 2 atom stereocenters. The average molecular weight is 327 g/mol. The molecule has 1 amide bonds. The first-order valence-corrected chi connectivity index (χ1v) is 6.72. The Hall–Kier alpha value is -2.49. The van der Waals surface area contributed by atoms with Crippen molar-refractivity contribution in [1.29, 1.82) is 0 Å². The first-order valence-electron chi connectivity index (χ1n) is 6.72. The smallest absolute Gasteiger partial charge is 0.389 e. The number of aliphatic hydroxyl groups is 1. The summed E-state index contributed by atoms with van der Waals surface area (Å²) in [5, 5.41) is 17.4. The number of aromatic nitrogens is 4. The van der Waals surface area contributed by atoms with Crippen LogP contribution in [-0.2, 0) is 6.18 Å². The van der Waals surface area contributed by atoms with Gasteiger partial charge in [-0.15, -0.1) is 5.10 Å². The second kappa shape index (κ2) is 5.61. The molecule has 7 nitrogen and oxygen atoms in total. The summed E-state index contributed by atoms with van der Waals surface area (Å²) in [5.41, 5.74) is -1.03. The fourth-order valence-corrected chi connectivity index (χ4v) is 2.44. The summed E-state index contributed by atoms with van der Waals surface area (Å²) < 4.78 is 38.9. The summed E-state index contributed by atoms with van der Waals surface area (Å²) in [6.07, 6.45) is -1.70. The number of alkyl halides is 3. The Morgan fingerprint density at radius 1 is 1.30 bits per heavy atom. The maximum absolute atomic E-state index is 12.5. The Kier molecular flexibility index (Phi) is 3.76. The van der Waals surface area contributed by atoms with E-state index in [0.717, 1.165) is 12.1 Å². The molecule has 1 fully saturated rings. The maximum Gasteiger partial charge on any atom is 0.417 e. The number of carbonyl (C=O) groups is 1. The van der Waals surface area contributed by atoms with Crippen LogP contribution < -0.4 is 0 Å². The van der Waals surface area contributed by atoms with E-state index in [4.69, 9.17) is 0 Å². The van der Waals surface area contributed by atoms with Gasteiger partial charge >= 0.3 is 6.18 Å². The molecule has 0 spiro atoms. The second-order valence-electron chi connectivity index (χ2n) is 5.16. The van der Waals surface area contributed by atoms with Crippen molar-refractivity contribution in [1.82, 2.24) is 24.9 Å². The molecule has 0 saturated carbocycles. The summed E-state index contributed by atoms with van der Waals surface area (Å²) in [4.78, 5) is 17.2. The van der Waals surface area contributed by atoms with E-state index < -0.39 is 29.8 Å². The normalized spacial score (nSPS) is 21.7. The molecule has 0 unspecified atom stereocenters. The largest absolute Gasteiger partial charge is 0.417 e. The molecule has 2 aromatic rings. The Morgan fingerprint density at radius 3 is 2.65 bits per heavy atom. The third-order valence-corrected chi connectivity index (χ3v) is 3.64. The summed E-state index contributed by atoms with van der Waals surface area (Å²) in [6, 6.07) is 1.39. The third kappa shape index (κ3) is 3.02. The lowest BCUT2D eigenvalue weighted by atomic mass is 10.2. The topological polar surface area (TPSA) is 84.1 Å². The van der Waals surface area contributed by atoms with Crippen LogP contribution in [-0.4, -0.2) is 55.1 Å². The fourth-order valence-electron chi connectivity index (χ4n) is 2.44. The molecule has 1 aliphatic heterocycles. The number of carbonyl (C=O) groups excluding carboxylic acids is 1. The van der Waals surface area contributed by atoms with Crippen LogP contribution in [0.1, 0.15) is 22.1 Å². The van der Waals surface area contributed by atoms with Gasteiger partial charge in [0.15, 0.2) is 0 Å². The van der Waals surface area contributed by atoms with Gasteiger partial charge in [-0.3, -0.25) is 9.78 Å². The van der Waals surface area contributed by atoms with E-state index in [1.165, 1.54) is 15.8 Å². The number of rotatable bonds is 2. The minimum atomic E-state index is -4.50. The van der Waals surface area contributed by atoms with Gasteiger partial charge in [-0.05, 0) is 12.1 Å². The highest BCUT2D eigenvalue weighted by Crippen LogP contribution is 2.29. The Bertz CT molecular complexity index is 687. The summed E-state index contributed by atoms with van der Waals surface area (Å²) in [5.74, 6) is -0.541. The molecular formula is C13H12F3N5O2. The zero-order valence-electron chi connectivity index (χ0n) is 11.7. The molecule has 0 aromatic carbocycles. The van der Waals surface area contributed by atoms with E-state index in [1.807, 2.05) is 0 Å². The van der Waals surface area contributed by atoms with E-state index in [0.29, 0.717) is 6.20 Å². The van der Waals surface area contributed by atoms with Crippen LogP contribution in [0.15, 0.2) is 30.7 Å². The molecule has 0 aliphatic carbocycles. The van der Waals surface area contributed by atoms with Gasteiger partial charge in [-0.1, -0.05) is 5.21 Å². The lowest BCUT2D eigenvalue weighted by Gasteiger charge is -2.15. The quantitative estimate of drug-likeness (QED) is 0.880. The molecule has 2 aromatic heterocycles. The van der Waals surface area contributed by atoms with Crippen LogP contribution in [0, 0.1) is 0 Å². The molecule has 3 heterocycles. The van der Waals surface area contributed by atoms with Gasteiger partial charge < -0.3 is 10.0 Å². The minimum absolute atomic E-state index is 0.0477. The third-order valence-electron chi connectivity index (χ3n) is 3.64. The van der Waals surface area contributed by atoms with Crippen molar-refractivity contribution >= 4 is 5.91 Å². The highest BCUT2D eigenvalue weighted by molar-refractivity contribution is 5.92. The first kappa shape index (κ1) is 15.4. The average Bonchev–Trinajstić information content (AvgIpc) is 3.15. The van der Waals surface area contributed by atoms with Crippen molar-refractivity contribution < 1.29 is 23.1 Å². The number of β-amino-alcohol motifs (C(OH)–C–C–N with tert-alkyl or cyclic N) is 1. The van der Waals surface area contributed by atoms with Gasteiger partial charge in [-0.2, -0.15) is 13.2 Å². The van der Waals surface area contributed by atoms with Crippen LogP contribution in [0.3, 0.4) is 0 Å². The monoisotopic (exact) mass is 327 g/mol. The van der Waals surface area contributed by atoms with Crippen LogP contribution in [0.25, 0.3) is 0 Å². The molecule has 0 radical (unpaired) electrons. The van der Waals surface area contributed by atoms with E-state index in [-0.39, 0.29) is 18.8 Å². The molecule has 10 heteroatoms. The van der Waals surface area contributed by atoms with E-state index in [1.54, 1.807) is 6.20 Å². The number of aliphatic hydroxyl groups excluding tert-OH is 1. The number of hydrogen-bond donors (Lipinski definition) is 1. The molecular weight excluding hydrogens is 315 g/mol. The van der Waals surface area contributed by atoms with Crippen molar-refractivity contribution in [3.63, 3.8) is 0 Å². The highest BCUT2D eigenvalue weighted by Gasteiger charge is 2.37. The number of hydrogen-bond acceptors (Lipinski definition) is 5.